The zero-order valence-corrected chi connectivity index (χ0v) is 16.2. The van der Waals surface area contributed by atoms with Crippen molar-refractivity contribution >= 4 is 16.7 Å². The van der Waals surface area contributed by atoms with Crippen LogP contribution in [0.3, 0.4) is 0 Å². The highest BCUT2D eigenvalue weighted by Crippen LogP contribution is 2.26. The molecule has 3 aromatic rings. The molecule has 0 aliphatic carbocycles. The second-order valence-electron chi connectivity index (χ2n) is 7.96. The van der Waals surface area contributed by atoms with Gasteiger partial charge in [0, 0.05) is 24.0 Å². The second-order valence-corrected chi connectivity index (χ2v) is 7.96. The predicted octanol–water partition coefficient (Wildman–Crippen LogP) is 5.08. The molecule has 0 bridgehead atoms. The number of nitrogens with zero attached hydrogens (tertiary/aromatic N) is 1. The zero-order valence-electron chi connectivity index (χ0n) is 16.2. The molecule has 1 heterocycles. The van der Waals surface area contributed by atoms with Crippen LogP contribution in [0.1, 0.15) is 53.5 Å². The molecule has 1 N–H and O–H groups in total. The van der Waals surface area contributed by atoms with Crippen LogP contribution in [-0.4, -0.2) is 10.9 Å². The second kappa shape index (κ2) is 6.91. The number of hydrogen-bond donors (Lipinski definition) is 1. The van der Waals surface area contributed by atoms with Crippen LogP contribution in [0.15, 0.2) is 48.7 Å². The molecule has 0 radical (unpaired) electrons. The molecule has 0 saturated carbocycles. The summed E-state index contributed by atoms with van der Waals surface area (Å²) >= 11 is 0. The van der Waals surface area contributed by atoms with Gasteiger partial charge in [-0.15, -0.1) is 0 Å². The number of amides is 1. The van der Waals surface area contributed by atoms with Gasteiger partial charge in [-0.25, -0.2) is 0 Å². The van der Waals surface area contributed by atoms with Crippen molar-refractivity contribution in [1.82, 2.24) is 10.3 Å². The Hall–Kier alpha value is -2.68. The lowest BCUT2D eigenvalue weighted by Gasteiger charge is -2.19. The molecule has 3 nitrogen and oxygen atoms in total. The first kappa shape index (κ1) is 18.1. The van der Waals surface area contributed by atoms with E-state index in [1.54, 1.807) is 0 Å². The van der Waals surface area contributed by atoms with Crippen LogP contribution in [0.25, 0.3) is 10.8 Å². The van der Waals surface area contributed by atoms with Gasteiger partial charge in [0.1, 0.15) is 0 Å². The standard InChI is InChI=1S/C23H26N2O/c1-15-13-24-16(2)10-20(15)14-25-22(26)19-7-6-18-12-21(23(3,4)5)9-8-17(18)11-19/h6-13H,14H2,1-5H3,(H,25,26). The number of fused-ring (bicyclic) bond motifs is 1. The molecule has 3 rings (SSSR count). The molecule has 134 valence electrons. The Balaban J connectivity index is 1.79. The fraction of sp³-hybridized carbons (Fsp3) is 0.304. The van der Waals surface area contributed by atoms with Crippen molar-refractivity contribution in [2.75, 3.05) is 0 Å². The normalized spacial score (nSPS) is 11.6. The monoisotopic (exact) mass is 346 g/mol. The highest BCUT2D eigenvalue weighted by Gasteiger charge is 2.14. The van der Waals surface area contributed by atoms with Crippen LogP contribution < -0.4 is 5.32 Å². The molecule has 0 unspecified atom stereocenters. The van der Waals surface area contributed by atoms with Gasteiger partial charge in [-0.3, -0.25) is 9.78 Å². The summed E-state index contributed by atoms with van der Waals surface area (Å²) in [5.41, 5.74) is 5.24. The number of carbonyl (C=O) groups is 1. The van der Waals surface area contributed by atoms with E-state index in [2.05, 4.69) is 49.3 Å². The van der Waals surface area contributed by atoms with E-state index in [9.17, 15) is 4.79 Å². The maximum Gasteiger partial charge on any atom is 0.251 e. The van der Waals surface area contributed by atoms with E-state index >= 15 is 0 Å². The summed E-state index contributed by atoms with van der Waals surface area (Å²) in [5, 5.41) is 5.26. The van der Waals surface area contributed by atoms with E-state index in [4.69, 9.17) is 0 Å². The third kappa shape index (κ3) is 3.93. The minimum atomic E-state index is -0.0549. The van der Waals surface area contributed by atoms with E-state index in [0.717, 1.165) is 27.6 Å². The molecule has 0 aliphatic heterocycles. The van der Waals surface area contributed by atoms with E-state index in [1.165, 1.54) is 5.56 Å². The average Bonchev–Trinajstić information content (AvgIpc) is 2.60. The Labute approximate surface area is 155 Å². The minimum Gasteiger partial charge on any atom is -0.348 e. The number of carbonyl (C=O) groups excluding carboxylic acids is 1. The fourth-order valence-corrected chi connectivity index (χ4v) is 3.01. The third-order valence-corrected chi connectivity index (χ3v) is 4.76. The van der Waals surface area contributed by atoms with Gasteiger partial charge >= 0.3 is 0 Å². The van der Waals surface area contributed by atoms with Gasteiger partial charge in [0.2, 0.25) is 0 Å². The highest BCUT2D eigenvalue weighted by molar-refractivity contribution is 5.98. The number of hydrogen-bond acceptors (Lipinski definition) is 2. The first-order valence-corrected chi connectivity index (χ1v) is 8.99. The number of aryl methyl sites for hydroxylation is 2. The summed E-state index contributed by atoms with van der Waals surface area (Å²) in [4.78, 5) is 16.8. The highest BCUT2D eigenvalue weighted by atomic mass is 16.1. The molecule has 1 aromatic heterocycles. The molecule has 0 saturated heterocycles. The van der Waals surface area contributed by atoms with E-state index < -0.39 is 0 Å². The van der Waals surface area contributed by atoms with Gasteiger partial charge in [0.15, 0.2) is 0 Å². The fourth-order valence-electron chi connectivity index (χ4n) is 3.01. The lowest BCUT2D eigenvalue weighted by atomic mass is 9.86. The van der Waals surface area contributed by atoms with Gasteiger partial charge in [-0.05, 0) is 64.9 Å². The van der Waals surface area contributed by atoms with Gasteiger partial charge in [-0.2, -0.15) is 0 Å². The Morgan fingerprint density at radius 3 is 2.42 bits per heavy atom. The summed E-state index contributed by atoms with van der Waals surface area (Å²) < 4.78 is 0. The van der Waals surface area contributed by atoms with Crippen LogP contribution in [-0.2, 0) is 12.0 Å². The first-order chi connectivity index (χ1) is 12.2. The van der Waals surface area contributed by atoms with Crippen molar-refractivity contribution in [3.63, 3.8) is 0 Å². The molecule has 1 amide bonds. The number of benzene rings is 2. The molecule has 26 heavy (non-hydrogen) atoms. The number of nitrogens with one attached hydrogen (secondary N) is 1. The Morgan fingerprint density at radius 2 is 1.69 bits per heavy atom. The third-order valence-electron chi connectivity index (χ3n) is 4.76. The molecule has 3 heteroatoms. The number of rotatable bonds is 3. The van der Waals surface area contributed by atoms with Crippen LogP contribution in [0, 0.1) is 13.8 Å². The minimum absolute atomic E-state index is 0.0549. The predicted molar refractivity (Wildman–Crippen MR) is 108 cm³/mol. The molecular weight excluding hydrogens is 320 g/mol. The summed E-state index contributed by atoms with van der Waals surface area (Å²) in [6.07, 6.45) is 1.85. The van der Waals surface area contributed by atoms with Crippen molar-refractivity contribution in [1.29, 1.82) is 0 Å². The van der Waals surface area contributed by atoms with Crippen molar-refractivity contribution in [2.24, 2.45) is 0 Å². The molecule has 0 atom stereocenters. The van der Waals surface area contributed by atoms with Crippen molar-refractivity contribution in [3.05, 3.63) is 76.6 Å². The summed E-state index contributed by atoms with van der Waals surface area (Å²) in [7, 11) is 0. The molecule has 0 aliphatic rings. The van der Waals surface area contributed by atoms with Gasteiger partial charge in [-0.1, -0.05) is 45.0 Å². The maximum absolute atomic E-state index is 12.6. The topological polar surface area (TPSA) is 42.0 Å². The Kier molecular flexibility index (Phi) is 4.82. The zero-order chi connectivity index (χ0) is 18.9. The first-order valence-electron chi connectivity index (χ1n) is 8.99. The summed E-state index contributed by atoms with van der Waals surface area (Å²) in [6.45, 7) is 11.1. The number of pyridine rings is 1. The lowest BCUT2D eigenvalue weighted by molar-refractivity contribution is 0.0951. The molecule has 2 aromatic carbocycles. The molecule has 0 spiro atoms. The SMILES string of the molecule is Cc1cc(CNC(=O)c2ccc3cc(C(C)(C)C)ccc3c2)c(C)cn1. The molecule has 0 fully saturated rings. The van der Waals surface area contributed by atoms with Crippen LogP contribution in [0.4, 0.5) is 0 Å². The van der Waals surface area contributed by atoms with E-state index in [0.29, 0.717) is 12.1 Å². The van der Waals surface area contributed by atoms with Crippen molar-refractivity contribution in [2.45, 2.75) is 46.6 Å². The smallest absolute Gasteiger partial charge is 0.251 e. The number of aromatic nitrogens is 1. The van der Waals surface area contributed by atoms with Gasteiger partial charge < -0.3 is 5.32 Å². The van der Waals surface area contributed by atoms with Crippen LogP contribution in [0.5, 0.6) is 0 Å². The van der Waals surface area contributed by atoms with Crippen molar-refractivity contribution < 1.29 is 4.79 Å². The van der Waals surface area contributed by atoms with Gasteiger partial charge in [0.05, 0.1) is 0 Å². The largest absolute Gasteiger partial charge is 0.348 e. The van der Waals surface area contributed by atoms with Crippen LogP contribution >= 0.6 is 0 Å². The Bertz CT molecular complexity index is 968. The van der Waals surface area contributed by atoms with Crippen LogP contribution in [0.2, 0.25) is 0 Å². The average molecular weight is 346 g/mol. The quantitative estimate of drug-likeness (QED) is 0.718. The summed E-state index contributed by atoms with van der Waals surface area (Å²) in [6, 6.07) is 14.4. The van der Waals surface area contributed by atoms with Gasteiger partial charge in [0.25, 0.3) is 5.91 Å². The Morgan fingerprint density at radius 1 is 1.00 bits per heavy atom. The van der Waals surface area contributed by atoms with Crippen molar-refractivity contribution in [3.8, 4) is 0 Å². The lowest BCUT2D eigenvalue weighted by Crippen LogP contribution is -2.23. The van der Waals surface area contributed by atoms with E-state index in [1.807, 2.05) is 44.3 Å². The maximum atomic E-state index is 12.6. The summed E-state index contributed by atoms with van der Waals surface area (Å²) in [5.74, 6) is -0.0549. The molecular formula is C23H26N2O. The van der Waals surface area contributed by atoms with E-state index in [-0.39, 0.29) is 11.3 Å².